The molecule has 0 saturated heterocycles. The third-order valence-electron chi connectivity index (χ3n) is 5.73. The number of ether oxygens (including phenoxy) is 1. The third kappa shape index (κ3) is 5.46. The number of thioether (sulfide) groups is 1. The molecule has 3 aromatic carbocycles. The van der Waals surface area contributed by atoms with E-state index in [4.69, 9.17) is 37.9 Å². The van der Waals surface area contributed by atoms with Crippen LogP contribution in [0, 0.1) is 0 Å². The highest BCUT2D eigenvalue weighted by Gasteiger charge is 2.41. The SMILES string of the molecule is COc1ccc(C2=C(OS(=O)(=O)c3cc(Cl)ccc3Cl)C(=O)N(C(C)(C)CN)c3ccccc3S2)cc1. The van der Waals surface area contributed by atoms with Crippen LogP contribution in [0.15, 0.2) is 82.3 Å². The Morgan fingerprint density at radius 2 is 1.70 bits per heavy atom. The van der Waals surface area contributed by atoms with Crippen LogP contribution in [-0.4, -0.2) is 33.5 Å². The molecule has 0 saturated carbocycles. The van der Waals surface area contributed by atoms with E-state index in [2.05, 4.69) is 0 Å². The van der Waals surface area contributed by atoms with E-state index in [-0.39, 0.29) is 27.2 Å². The Bertz CT molecular complexity index is 1490. The first-order chi connectivity index (χ1) is 17.5. The summed E-state index contributed by atoms with van der Waals surface area (Å²) >= 11 is 13.4. The van der Waals surface area contributed by atoms with Crippen molar-refractivity contribution in [1.82, 2.24) is 0 Å². The maximum Gasteiger partial charge on any atom is 0.340 e. The normalized spacial score (nSPS) is 14.3. The number of benzene rings is 3. The molecule has 194 valence electrons. The molecule has 0 aromatic heterocycles. The summed E-state index contributed by atoms with van der Waals surface area (Å²) in [7, 11) is -3.03. The molecule has 0 bridgehead atoms. The van der Waals surface area contributed by atoms with E-state index in [9.17, 15) is 13.2 Å². The van der Waals surface area contributed by atoms with E-state index >= 15 is 0 Å². The second-order valence-electron chi connectivity index (χ2n) is 8.73. The van der Waals surface area contributed by atoms with Gasteiger partial charge >= 0.3 is 10.1 Å². The second-order valence-corrected chi connectivity index (χ2v) is 12.1. The van der Waals surface area contributed by atoms with Crippen molar-refractivity contribution >= 4 is 61.6 Å². The molecular formula is C26H24Cl2N2O5S2. The summed E-state index contributed by atoms with van der Waals surface area (Å²) in [6.45, 7) is 3.70. The first-order valence-corrected chi connectivity index (χ1v) is 14.1. The van der Waals surface area contributed by atoms with Gasteiger partial charge in [-0.15, -0.1) is 0 Å². The number of rotatable bonds is 7. The third-order valence-corrected chi connectivity index (χ3v) is 8.86. The maximum atomic E-state index is 14.2. The quantitative estimate of drug-likeness (QED) is 0.345. The van der Waals surface area contributed by atoms with Crippen molar-refractivity contribution in [3.05, 3.63) is 88.1 Å². The summed E-state index contributed by atoms with van der Waals surface area (Å²) in [5.41, 5.74) is 6.32. The minimum atomic E-state index is -4.57. The van der Waals surface area contributed by atoms with Crippen LogP contribution in [-0.2, 0) is 19.1 Å². The molecule has 3 aromatic rings. The smallest absolute Gasteiger partial charge is 0.340 e. The lowest BCUT2D eigenvalue weighted by atomic mass is 10.0. The number of hydrogen-bond acceptors (Lipinski definition) is 7. The van der Waals surface area contributed by atoms with Crippen molar-refractivity contribution in [2.24, 2.45) is 5.73 Å². The number of amides is 1. The summed E-state index contributed by atoms with van der Waals surface area (Å²) in [5.74, 6) is -0.453. The lowest BCUT2D eigenvalue weighted by molar-refractivity contribution is -0.118. The fraction of sp³-hybridized carbons (Fsp3) is 0.192. The topological polar surface area (TPSA) is 98.9 Å². The number of hydrogen-bond donors (Lipinski definition) is 1. The Morgan fingerprint density at radius 3 is 2.35 bits per heavy atom. The zero-order valence-electron chi connectivity index (χ0n) is 20.2. The van der Waals surface area contributed by atoms with Crippen LogP contribution in [0.2, 0.25) is 10.0 Å². The van der Waals surface area contributed by atoms with E-state index in [1.54, 1.807) is 50.2 Å². The van der Waals surface area contributed by atoms with Gasteiger partial charge in [-0.25, -0.2) is 0 Å². The second kappa shape index (κ2) is 10.6. The maximum absolute atomic E-state index is 14.2. The zero-order chi connectivity index (χ0) is 27.0. The van der Waals surface area contributed by atoms with Crippen molar-refractivity contribution in [1.29, 1.82) is 0 Å². The zero-order valence-corrected chi connectivity index (χ0v) is 23.3. The largest absolute Gasteiger partial charge is 0.497 e. The van der Waals surface area contributed by atoms with Crippen LogP contribution in [0.1, 0.15) is 19.4 Å². The van der Waals surface area contributed by atoms with Gasteiger partial charge in [0.05, 0.1) is 28.3 Å². The highest BCUT2D eigenvalue weighted by atomic mass is 35.5. The minimum absolute atomic E-state index is 0.0906. The monoisotopic (exact) mass is 578 g/mol. The lowest BCUT2D eigenvalue weighted by Gasteiger charge is -2.37. The van der Waals surface area contributed by atoms with Gasteiger partial charge in [0.25, 0.3) is 5.91 Å². The first kappa shape index (κ1) is 27.3. The molecule has 0 spiro atoms. The molecule has 1 heterocycles. The van der Waals surface area contributed by atoms with Gasteiger partial charge in [-0.2, -0.15) is 8.42 Å². The number of carbonyl (C=O) groups excluding carboxylic acids is 1. The molecule has 1 aliphatic heterocycles. The number of methoxy groups -OCH3 is 1. The van der Waals surface area contributed by atoms with Gasteiger partial charge < -0.3 is 14.7 Å². The predicted molar refractivity (Wildman–Crippen MR) is 148 cm³/mol. The highest BCUT2D eigenvalue weighted by Crippen LogP contribution is 2.47. The first-order valence-electron chi connectivity index (χ1n) is 11.1. The molecule has 37 heavy (non-hydrogen) atoms. The molecule has 11 heteroatoms. The van der Waals surface area contributed by atoms with Gasteiger partial charge in [0.2, 0.25) is 5.76 Å². The van der Waals surface area contributed by atoms with Crippen molar-refractivity contribution in [2.45, 2.75) is 29.2 Å². The van der Waals surface area contributed by atoms with E-state index in [0.717, 1.165) is 4.90 Å². The molecular weight excluding hydrogens is 555 g/mol. The van der Waals surface area contributed by atoms with E-state index in [0.29, 0.717) is 21.9 Å². The van der Waals surface area contributed by atoms with Crippen LogP contribution in [0.3, 0.4) is 0 Å². The van der Waals surface area contributed by atoms with Crippen molar-refractivity contribution in [3.8, 4) is 5.75 Å². The van der Waals surface area contributed by atoms with Crippen LogP contribution >= 0.6 is 35.0 Å². The average molecular weight is 580 g/mol. The molecule has 0 radical (unpaired) electrons. The Labute approximate surface area is 230 Å². The van der Waals surface area contributed by atoms with Crippen molar-refractivity contribution in [3.63, 3.8) is 0 Å². The molecule has 0 unspecified atom stereocenters. The number of anilines is 1. The van der Waals surface area contributed by atoms with Gasteiger partial charge in [-0.3, -0.25) is 9.69 Å². The highest BCUT2D eigenvalue weighted by molar-refractivity contribution is 8.08. The number of halogens is 2. The number of para-hydroxylation sites is 1. The molecule has 0 fully saturated rings. The summed E-state index contributed by atoms with van der Waals surface area (Å²) in [4.78, 5) is 16.3. The van der Waals surface area contributed by atoms with Gasteiger partial charge in [0.1, 0.15) is 10.6 Å². The summed E-state index contributed by atoms with van der Waals surface area (Å²) in [6, 6.07) is 18.1. The summed E-state index contributed by atoms with van der Waals surface area (Å²) in [5, 5.41) is 0.0583. The van der Waals surface area contributed by atoms with Gasteiger partial charge in [0, 0.05) is 16.5 Å². The fourth-order valence-corrected chi connectivity index (χ4v) is 6.55. The summed E-state index contributed by atoms with van der Waals surface area (Å²) < 4.78 is 37.9. The Kier molecular flexibility index (Phi) is 7.83. The molecule has 2 N–H and O–H groups in total. The molecule has 0 atom stereocenters. The van der Waals surface area contributed by atoms with Crippen LogP contribution in [0.5, 0.6) is 5.75 Å². The van der Waals surface area contributed by atoms with Crippen LogP contribution in [0.25, 0.3) is 4.91 Å². The summed E-state index contributed by atoms with van der Waals surface area (Å²) in [6.07, 6.45) is 0. The Hall–Kier alpha value is -2.69. The van der Waals surface area contributed by atoms with Gasteiger partial charge in [-0.1, -0.05) is 59.2 Å². The Morgan fingerprint density at radius 1 is 1.03 bits per heavy atom. The Balaban J connectivity index is 1.98. The van der Waals surface area contributed by atoms with Gasteiger partial charge in [0.15, 0.2) is 0 Å². The number of nitrogens with zero attached hydrogens (tertiary/aromatic N) is 1. The van der Waals surface area contributed by atoms with Crippen molar-refractivity contribution < 1.29 is 22.1 Å². The molecule has 1 aliphatic rings. The van der Waals surface area contributed by atoms with E-state index in [1.807, 2.05) is 12.1 Å². The molecule has 4 rings (SSSR count). The molecule has 1 amide bonds. The molecule has 7 nitrogen and oxygen atoms in total. The van der Waals surface area contributed by atoms with E-state index < -0.39 is 21.6 Å². The number of fused-ring (bicyclic) bond motifs is 1. The molecule has 0 aliphatic carbocycles. The average Bonchev–Trinajstić information content (AvgIpc) is 3.00. The minimum Gasteiger partial charge on any atom is -0.497 e. The lowest BCUT2D eigenvalue weighted by Crippen LogP contribution is -2.53. The van der Waals surface area contributed by atoms with Crippen LogP contribution < -0.4 is 15.4 Å². The number of nitrogens with two attached hydrogens (primary N) is 1. The number of carbonyl (C=O) groups is 1. The van der Waals surface area contributed by atoms with Crippen LogP contribution in [0.4, 0.5) is 5.69 Å². The van der Waals surface area contributed by atoms with Gasteiger partial charge in [-0.05, 0) is 61.9 Å². The fourth-order valence-electron chi connectivity index (χ4n) is 3.71. The van der Waals surface area contributed by atoms with Crippen molar-refractivity contribution in [2.75, 3.05) is 18.6 Å². The predicted octanol–water partition coefficient (Wildman–Crippen LogP) is 5.95. The van der Waals surface area contributed by atoms with E-state index in [1.165, 1.54) is 42.0 Å². The standard InChI is InChI=1S/C26H24Cl2N2O5S2/c1-26(2,15-29)30-20-6-4-5-7-21(20)36-24(16-8-11-18(34-3)12-9-16)23(25(30)31)35-37(32,33)22-14-17(27)10-13-19(22)28/h4-14H,15,29H2,1-3H3.